The highest BCUT2D eigenvalue weighted by Crippen LogP contribution is 2.09. The molecule has 0 heterocycles. The standard InChI is InChI=1S/C8H8FNO2/c1-6-4-7(5-10(11)12)2-3-8(6)9/h2-4H,5H2,1H3. The molecule has 0 radical (unpaired) electrons. The molecule has 0 N–H and O–H groups in total. The molecule has 0 atom stereocenters. The Kier molecular flexibility index (Phi) is 2.38. The number of hydrogen-bond acceptors (Lipinski definition) is 2. The van der Waals surface area contributed by atoms with E-state index in [1.807, 2.05) is 0 Å². The molecule has 0 aromatic heterocycles. The zero-order chi connectivity index (χ0) is 9.14. The van der Waals surface area contributed by atoms with Gasteiger partial charge in [0.15, 0.2) is 0 Å². The molecule has 0 spiro atoms. The van der Waals surface area contributed by atoms with Crippen molar-refractivity contribution in [2.75, 3.05) is 0 Å². The van der Waals surface area contributed by atoms with E-state index >= 15 is 0 Å². The summed E-state index contributed by atoms with van der Waals surface area (Å²) in [7, 11) is 0. The van der Waals surface area contributed by atoms with Gasteiger partial charge in [0.05, 0.1) is 0 Å². The minimum absolute atomic E-state index is 0.249. The molecule has 3 nitrogen and oxygen atoms in total. The van der Waals surface area contributed by atoms with Crippen molar-refractivity contribution in [3.8, 4) is 0 Å². The van der Waals surface area contributed by atoms with E-state index in [2.05, 4.69) is 0 Å². The Balaban J connectivity index is 2.89. The van der Waals surface area contributed by atoms with Gasteiger partial charge in [0.2, 0.25) is 6.54 Å². The summed E-state index contributed by atoms with van der Waals surface area (Å²) in [5, 5.41) is 10.1. The molecule has 0 unspecified atom stereocenters. The van der Waals surface area contributed by atoms with Gasteiger partial charge in [-0.1, -0.05) is 0 Å². The molecule has 0 amide bonds. The van der Waals surface area contributed by atoms with Gasteiger partial charge in [-0.2, -0.15) is 0 Å². The minimum atomic E-state index is -0.438. The summed E-state index contributed by atoms with van der Waals surface area (Å²) in [6, 6.07) is 4.15. The van der Waals surface area contributed by atoms with Gasteiger partial charge >= 0.3 is 0 Å². The fourth-order valence-electron chi connectivity index (χ4n) is 0.954. The third-order valence-corrected chi connectivity index (χ3v) is 1.53. The zero-order valence-electron chi connectivity index (χ0n) is 6.58. The number of halogens is 1. The van der Waals surface area contributed by atoms with Gasteiger partial charge in [-0.25, -0.2) is 4.39 Å². The third kappa shape index (κ3) is 2.02. The van der Waals surface area contributed by atoms with E-state index in [-0.39, 0.29) is 12.4 Å². The van der Waals surface area contributed by atoms with Crippen molar-refractivity contribution in [2.24, 2.45) is 0 Å². The van der Waals surface area contributed by atoms with E-state index in [0.29, 0.717) is 11.1 Å². The van der Waals surface area contributed by atoms with Crippen molar-refractivity contribution in [3.05, 3.63) is 45.3 Å². The van der Waals surface area contributed by atoms with Gasteiger partial charge in [0, 0.05) is 10.5 Å². The van der Waals surface area contributed by atoms with Crippen LogP contribution in [0.2, 0.25) is 0 Å². The Hall–Kier alpha value is -1.45. The maximum absolute atomic E-state index is 12.7. The van der Waals surface area contributed by atoms with E-state index in [0.717, 1.165) is 0 Å². The Morgan fingerprint density at radius 2 is 2.25 bits per heavy atom. The predicted molar refractivity (Wildman–Crippen MR) is 41.8 cm³/mol. The highest BCUT2D eigenvalue weighted by Gasteiger charge is 2.03. The fourth-order valence-corrected chi connectivity index (χ4v) is 0.954. The first-order valence-corrected chi connectivity index (χ1v) is 3.46. The first-order valence-electron chi connectivity index (χ1n) is 3.46. The normalized spacial score (nSPS) is 9.83. The van der Waals surface area contributed by atoms with Crippen LogP contribution in [-0.2, 0) is 6.54 Å². The molecule has 0 aliphatic rings. The van der Waals surface area contributed by atoms with Crippen molar-refractivity contribution in [1.82, 2.24) is 0 Å². The molecule has 0 saturated carbocycles. The van der Waals surface area contributed by atoms with Crippen LogP contribution in [0.15, 0.2) is 18.2 Å². The second-order valence-electron chi connectivity index (χ2n) is 2.57. The third-order valence-electron chi connectivity index (χ3n) is 1.53. The quantitative estimate of drug-likeness (QED) is 0.501. The lowest BCUT2D eigenvalue weighted by Crippen LogP contribution is -1.98. The van der Waals surface area contributed by atoms with Gasteiger partial charge in [0.1, 0.15) is 5.82 Å². The Bertz CT molecular complexity index is 312. The molecular formula is C8H8FNO2. The fraction of sp³-hybridized carbons (Fsp3) is 0.250. The Labute approximate surface area is 69.0 Å². The van der Waals surface area contributed by atoms with Crippen LogP contribution in [0, 0.1) is 22.9 Å². The molecular weight excluding hydrogens is 161 g/mol. The van der Waals surface area contributed by atoms with E-state index in [9.17, 15) is 14.5 Å². The molecule has 64 valence electrons. The topological polar surface area (TPSA) is 43.1 Å². The largest absolute Gasteiger partial charge is 0.264 e. The lowest BCUT2D eigenvalue weighted by molar-refractivity contribution is -0.496. The van der Waals surface area contributed by atoms with Crippen LogP contribution in [0.25, 0.3) is 0 Å². The Morgan fingerprint density at radius 1 is 1.58 bits per heavy atom. The summed E-state index contributed by atoms with van der Waals surface area (Å²) in [4.78, 5) is 9.64. The summed E-state index contributed by atoms with van der Waals surface area (Å²) < 4.78 is 12.7. The van der Waals surface area contributed by atoms with Crippen molar-refractivity contribution in [2.45, 2.75) is 13.5 Å². The van der Waals surface area contributed by atoms with Crippen LogP contribution in [0.4, 0.5) is 4.39 Å². The summed E-state index contributed by atoms with van der Waals surface area (Å²) in [5.41, 5.74) is 0.966. The van der Waals surface area contributed by atoms with Crippen molar-refractivity contribution in [1.29, 1.82) is 0 Å². The predicted octanol–water partition coefficient (Wildman–Crippen LogP) is 1.91. The van der Waals surface area contributed by atoms with Gasteiger partial charge in [-0.15, -0.1) is 0 Å². The average Bonchev–Trinajstić information content (AvgIpc) is 1.96. The zero-order valence-corrected chi connectivity index (χ0v) is 6.58. The average molecular weight is 169 g/mol. The number of hydrogen-bond donors (Lipinski definition) is 0. The molecule has 0 fully saturated rings. The monoisotopic (exact) mass is 169 g/mol. The van der Waals surface area contributed by atoms with Crippen LogP contribution in [0.5, 0.6) is 0 Å². The molecule has 1 rings (SSSR count). The van der Waals surface area contributed by atoms with Gasteiger partial charge < -0.3 is 0 Å². The first kappa shape index (κ1) is 8.64. The van der Waals surface area contributed by atoms with Crippen molar-refractivity contribution < 1.29 is 9.31 Å². The van der Waals surface area contributed by atoms with Crippen LogP contribution in [0.1, 0.15) is 11.1 Å². The van der Waals surface area contributed by atoms with Crippen molar-refractivity contribution in [3.63, 3.8) is 0 Å². The number of aryl methyl sites for hydroxylation is 1. The molecule has 0 aliphatic heterocycles. The van der Waals surface area contributed by atoms with E-state index < -0.39 is 4.92 Å². The SMILES string of the molecule is Cc1cc(C[N+](=O)[O-])ccc1F. The molecule has 1 aromatic rings. The number of benzene rings is 1. The number of nitrogens with zero attached hydrogens (tertiary/aromatic N) is 1. The maximum Gasteiger partial charge on any atom is 0.228 e. The molecule has 0 bridgehead atoms. The summed E-state index contributed by atoms with van der Waals surface area (Å²) in [6.45, 7) is 1.33. The highest BCUT2D eigenvalue weighted by molar-refractivity contribution is 5.23. The van der Waals surface area contributed by atoms with Gasteiger partial charge in [-0.3, -0.25) is 10.1 Å². The van der Waals surface area contributed by atoms with E-state index in [4.69, 9.17) is 0 Å². The lowest BCUT2D eigenvalue weighted by atomic mass is 10.1. The minimum Gasteiger partial charge on any atom is -0.264 e. The van der Waals surface area contributed by atoms with Crippen LogP contribution < -0.4 is 0 Å². The van der Waals surface area contributed by atoms with Crippen LogP contribution in [-0.4, -0.2) is 4.92 Å². The second kappa shape index (κ2) is 3.30. The molecule has 12 heavy (non-hydrogen) atoms. The number of nitro groups is 1. The second-order valence-corrected chi connectivity index (χ2v) is 2.57. The lowest BCUT2D eigenvalue weighted by Gasteiger charge is -1.97. The smallest absolute Gasteiger partial charge is 0.228 e. The highest BCUT2D eigenvalue weighted by atomic mass is 19.1. The molecule has 0 aliphatic carbocycles. The summed E-state index contributed by atoms with van der Waals surface area (Å²) in [6.07, 6.45) is 0. The summed E-state index contributed by atoms with van der Waals surface area (Å²) in [5.74, 6) is -0.331. The van der Waals surface area contributed by atoms with E-state index in [1.54, 1.807) is 6.92 Å². The van der Waals surface area contributed by atoms with Gasteiger partial charge in [0.25, 0.3) is 0 Å². The maximum atomic E-state index is 12.7. The number of rotatable bonds is 2. The molecule has 1 aromatic carbocycles. The summed E-state index contributed by atoms with van der Waals surface area (Å²) >= 11 is 0. The molecule has 4 heteroatoms. The Morgan fingerprint density at radius 3 is 2.75 bits per heavy atom. The van der Waals surface area contributed by atoms with Gasteiger partial charge in [-0.05, 0) is 30.7 Å². The van der Waals surface area contributed by atoms with Crippen LogP contribution >= 0.6 is 0 Å². The van der Waals surface area contributed by atoms with E-state index in [1.165, 1.54) is 18.2 Å². The van der Waals surface area contributed by atoms with Crippen LogP contribution in [0.3, 0.4) is 0 Å². The first-order chi connectivity index (χ1) is 5.59. The molecule has 0 saturated heterocycles. The van der Waals surface area contributed by atoms with Crippen molar-refractivity contribution >= 4 is 0 Å².